The van der Waals surface area contributed by atoms with E-state index in [1.807, 2.05) is 31.2 Å². The van der Waals surface area contributed by atoms with Gasteiger partial charge in [-0.15, -0.1) is 0 Å². The smallest absolute Gasteiger partial charge is 0.339 e. The molecule has 2 rings (SSSR count). The molecule has 0 saturated carbocycles. The van der Waals surface area contributed by atoms with Crippen LogP contribution in [0.1, 0.15) is 35.3 Å². The normalized spacial score (nSPS) is 11.2. The Hall–Kier alpha value is -2.69. The molecule has 0 aliphatic heterocycles. The van der Waals surface area contributed by atoms with Crippen molar-refractivity contribution >= 4 is 5.97 Å². The molecule has 0 aromatic heterocycles. The van der Waals surface area contributed by atoms with Crippen LogP contribution in [0, 0.1) is 6.92 Å². The summed E-state index contributed by atoms with van der Waals surface area (Å²) < 4.78 is 5.46. The van der Waals surface area contributed by atoms with Gasteiger partial charge in [0.1, 0.15) is 5.60 Å². The van der Waals surface area contributed by atoms with E-state index in [1.54, 1.807) is 13.8 Å². The maximum absolute atomic E-state index is 12.2. The lowest BCUT2D eigenvalue weighted by Crippen LogP contribution is -2.25. The van der Waals surface area contributed by atoms with E-state index in [0.717, 1.165) is 23.3 Å². The Morgan fingerprint density at radius 3 is 2.00 bits per heavy atom. The molecule has 3 N–H and O–H groups in total. The van der Waals surface area contributed by atoms with Crippen LogP contribution < -0.4 is 0 Å². The Morgan fingerprint density at radius 1 is 1.00 bits per heavy atom. The Kier molecular flexibility index (Phi) is 3.99. The fraction of sp³-hybridized carbons (Fsp3) is 0.235. The Labute approximate surface area is 128 Å². The number of benzene rings is 2. The van der Waals surface area contributed by atoms with Gasteiger partial charge in [-0.1, -0.05) is 29.8 Å². The molecule has 5 heteroatoms. The monoisotopic (exact) mass is 302 g/mol. The third-order valence-corrected chi connectivity index (χ3v) is 3.40. The topological polar surface area (TPSA) is 87.0 Å². The van der Waals surface area contributed by atoms with E-state index in [9.17, 15) is 20.1 Å². The van der Waals surface area contributed by atoms with Crippen LogP contribution in [0.15, 0.2) is 36.4 Å². The molecule has 0 amide bonds. The molecule has 116 valence electrons. The molecule has 0 fully saturated rings. The van der Waals surface area contributed by atoms with Crippen molar-refractivity contribution in [1.29, 1.82) is 0 Å². The van der Waals surface area contributed by atoms with E-state index in [2.05, 4.69) is 0 Å². The summed E-state index contributed by atoms with van der Waals surface area (Å²) in [5.41, 5.74) is 0.986. The van der Waals surface area contributed by atoms with Gasteiger partial charge in [0.15, 0.2) is 17.2 Å². The third-order valence-electron chi connectivity index (χ3n) is 3.40. The number of phenolic OH excluding ortho intramolecular Hbond substituents is 3. The third kappa shape index (κ3) is 3.14. The number of aryl methyl sites for hydroxylation is 1. The second-order valence-corrected chi connectivity index (χ2v) is 5.63. The lowest BCUT2D eigenvalue weighted by atomic mass is 9.97. The van der Waals surface area contributed by atoms with Gasteiger partial charge in [0.05, 0.1) is 5.56 Å². The molecule has 0 heterocycles. The number of hydrogen-bond acceptors (Lipinski definition) is 5. The Morgan fingerprint density at radius 2 is 1.50 bits per heavy atom. The highest BCUT2D eigenvalue weighted by molar-refractivity contribution is 5.91. The second kappa shape index (κ2) is 5.60. The van der Waals surface area contributed by atoms with Crippen molar-refractivity contribution in [3.8, 4) is 17.2 Å². The fourth-order valence-corrected chi connectivity index (χ4v) is 2.03. The average Bonchev–Trinajstić information content (AvgIpc) is 2.44. The van der Waals surface area contributed by atoms with Crippen LogP contribution in [0.5, 0.6) is 17.2 Å². The number of phenols is 3. The standard InChI is InChI=1S/C17H18O5/c1-10-4-6-12(7-5-10)17(2,3)22-16(21)11-8-13(18)15(20)14(19)9-11/h4-9,18-20H,1-3H3. The van der Waals surface area contributed by atoms with Crippen molar-refractivity contribution in [2.24, 2.45) is 0 Å². The summed E-state index contributed by atoms with van der Waals surface area (Å²) in [5.74, 6) is -2.55. The van der Waals surface area contributed by atoms with Crippen molar-refractivity contribution in [1.82, 2.24) is 0 Å². The van der Waals surface area contributed by atoms with Gasteiger partial charge < -0.3 is 20.1 Å². The predicted molar refractivity (Wildman–Crippen MR) is 81.1 cm³/mol. The summed E-state index contributed by atoms with van der Waals surface area (Å²) in [6.45, 7) is 5.45. The van der Waals surface area contributed by atoms with Gasteiger partial charge in [0.25, 0.3) is 0 Å². The van der Waals surface area contributed by atoms with Crippen LogP contribution in [-0.4, -0.2) is 21.3 Å². The van der Waals surface area contributed by atoms with Crippen LogP contribution in [0.2, 0.25) is 0 Å². The molecular weight excluding hydrogens is 284 g/mol. The number of rotatable bonds is 3. The Bertz CT molecular complexity index is 678. The van der Waals surface area contributed by atoms with Crippen LogP contribution in [-0.2, 0) is 10.3 Å². The van der Waals surface area contributed by atoms with Gasteiger partial charge in [0, 0.05) is 0 Å². The van der Waals surface area contributed by atoms with Crippen LogP contribution in [0.3, 0.4) is 0 Å². The first-order valence-electron chi connectivity index (χ1n) is 6.76. The van der Waals surface area contributed by atoms with Crippen molar-refractivity contribution in [2.75, 3.05) is 0 Å². The van der Waals surface area contributed by atoms with Crippen molar-refractivity contribution in [3.63, 3.8) is 0 Å². The molecule has 0 aliphatic rings. The van der Waals surface area contributed by atoms with E-state index >= 15 is 0 Å². The number of ether oxygens (including phenoxy) is 1. The van der Waals surface area contributed by atoms with Gasteiger partial charge in [0.2, 0.25) is 0 Å². The maximum atomic E-state index is 12.2. The average molecular weight is 302 g/mol. The first-order chi connectivity index (χ1) is 10.2. The molecule has 5 nitrogen and oxygen atoms in total. The van der Waals surface area contributed by atoms with Gasteiger partial charge in [-0.05, 0) is 38.5 Å². The number of esters is 1. The molecule has 2 aromatic carbocycles. The van der Waals surface area contributed by atoms with Gasteiger partial charge in [-0.2, -0.15) is 0 Å². The quantitative estimate of drug-likeness (QED) is 0.598. The molecule has 0 aliphatic carbocycles. The highest BCUT2D eigenvalue weighted by Crippen LogP contribution is 2.36. The van der Waals surface area contributed by atoms with Crippen molar-refractivity contribution < 1.29 is 24.9 Å². The predicted octanol–water partition coefficient (Wildman–Crippen LogP) is 3.20. The fourth-order valence-electron chi connectivity index (χ4n) is 2.03. The minimum Gasteiger partial charge on any atom is -0.504 e. The zero-order chi connectivity index (χ0) is 16.5. The number of carbonyl (C=O) groups is 1. The van der Waals surface area contributed by atoms with Crippen LogP contribution in [0.4, 0.5) is 0 Å². The SMILES string of the molecule is Cc1ccc(C(C)(C)OC(=O)c2cc(O)c(O)c(O)c2)cc1. The van der Waals surface area contributed by atoms with Crippen molar-refractivity contribution in [3.05, 3.63) is 53.1 Å². The lowest BCUT2D eigenvalue weighted by molar-refractivity contribution is -0.00321. The van der Waals surface area contributed by atoms with E-state index in [1.165, 1.54) is 0 Å². The minimum atomic E-state index is -0.881. The zero-order valence-corrected chi connectivity index (χ0v) is 12.6. The maximum Gasteiger partial charge on any atom is 0.339 e. The summed E-state index contributed by atoms with van der Waals surface area (Å²) >= 11 is 0. The van der Waals surface area contributed by atoms with Gasteiger partial charge in [-0.3, -0.25) is 0 Å². The second-order valence-electron chi connectivity index (χ2n) is 5.63. The Balaban J connectivity index is 2.25. The lowest BCUT2D eigenvalue weighted by Gasteiger charge is -2.26. The number of carbonyl (C=O) groups excluding carboxylic acids is 1. The first-order valence-corrected chi connectivity index (χ1v) is 6.76. The number of hydrogen-bond donors (Lipinski definition) is 3. The molecule has 0 unspecified atom stereocenters. The van der Waals surface area contributed by atoms with E-state index in [0.29, 0.717) is 0 Å². The van der Waals surface area contributed by atoms with Crippen molar-refractivity contribution in [2.45, 2.75) is 26.4 Å². The number of aromatic hydroxyl groups is 3. The van der Waals surface area contributed by atoms with E-state index in [-0.39, 0.29) is 5.56 Å². The van der Waals surface area contributed by atoms with Crippen LogP contribution in [0.25, 0.3) is 0 Å². The summed E-state index contributed by atoms with van der Waals surface area (Å²) in [6, 6.07) is 9.67. The van der Waals surface area contributed by atoms with E-state index in [4.69, 9.17) is 4.74 Å². The molecule has 22 heavy (non-hydrogen) atoms. The van der Waals surface area contributed by atoms with E-state index < -0.39 is 28.8 Å². The summed E-state index contributed by atoms with van der Waals surface area (Å²) in [4.78, 5) is 12.2. The summed E-state index contributed by atoms with van der Waals surface area (Å²) in [7, 11) is 0. The largest absolute Gasteiger partial charge is 0.504 e. The molecule has 2 aromatic rings. The highest BCUT2D eigenvalue weighted by atomic mass is 16.6. The molecule has 0 saturated heterocycles. The molecule has 0 radical (unpaired) electrons. The first kappa shape index (κ1) is 15.7. The summed E-state index contributed by atoms with van der Waals surface area (Å²) in [6.07, 6.45) is 0. The molecule has 0 bridgehead atoms. The zero-order valence-electron chi connectivity index (χ0n) is 12.6. The highest BCUT2D eigenvalue weighted by Gasteiger charge is 2.27. The molecule has 0 atom stereocenters. The van der Waals surface area contributed by atoms with Crippen LogP contribution >= 0.6 is 0 Å². The molecule has 0 spiro atoms. The summed E-state index contributed by atoms with van der Waals surface area (Å²) in [5, 5.41) is 28.2. The van der Waals surface area contributed by atoms with Gasteiger partial charge >= 0.3 is 5.97 Å². The minimum absolute atomic E-state index is 0.0482. The molecular formula is C17H18O5. The van der Waals surface area contributed by atoms with Gasteiger partial charge in [-0.25, -0.2) is 4.79 Å².